The van der Waals surface area contributed by atoms with Gasteiger partial charge < -0.3 is 14.4 Å². The van der Waals surface area contributed by atoms with Crippen molar-refractivity contribution in [2.75, 3.05) is 38.8 Å². The summed E-state index contributed by atoms with van der Waals surface area (Å²) >= 11 is 0. The van der Waals surface area contributed by atoms with Gasteiger partial charge in [0.2, 0.25) is 0 Å². The van der Waals surface area contributed by atoms with Gasteiger partial charge in [-0.25, -0.2) is 19.8 Å². The fourth-order valence-corrected chi connectivity index (χ4v) is 4.95. The molecular formula is C19H27N5O4S. The molecule has 1 aliphatic carbocycles. The highest BCUT2D eigenvalue weighted by Gasteiger charge is 2.49. The highest BCUT2D eigenvalue weighted by molar-refractivity contribution is 7.87. The molecule has 0 spiro atoms. The minimum absolute atomic E-state index is 0.0584. The van der Waals surface area contributed by atoms with Gasteiger partial charge in [0.15, 0.2) is 11.5 Å². The minimum Gasteiger partial charge on any atom is -0.493 e. The number of methoxy groups -OCH3 is 2. The lowest BCUT2D eigenvalue weighted by molar-refractivity contribution is 0.253. The standard InChI is InChI=1S/C19H27N5O4S/c1-27-16-9-14-15(10-17(16)28-2)21-12-22-18(14)24-7-3-13(4-8-24)19(5-6-19)11-23-29(20,25)26/h9-10,12-13,23H,3-8,11H2,1-2H3,(H2,20,25,26). The van der Waals surface area contributed by atoms with Crippen LogP contribution >= 0.6 is 0 Å². The Morgan fingerprint density at radius 2 is 1.83 bits per heavy atom. The molecule has 1 saturated carbocycles. The van der Waals surface area contributed by atoms with Crippen LogP contribution in [0.1, 0.15) is 25.7 Å². The first-order valence-corrected chi connectivity index (χ1v) is 11.3. The zero-order valence-corrected chi connectivity index (χ0v) is 17.5. The molecule has 9 nitrogen and oxygen atoms in total. The number of anilines is 1. The average molecular weight is 422 g/mol. The summed E-state index contributed by atoms with van der Waals surface area (Å²) < 4.78 is 35.9. The molecule has 0 atom stereocenters. The molecule has 1 aromatic carbocycles. The molecule has 1 saturated heterocycles. The van der Waals surface area contributed by atoms with Gasteiger partial charge >= 0.3 is 0 Å². The van der Waals surface area contributed by atoms with E-state index in [-0.39, 0.29) is 5.41 Å². The molecular weight excluding hydrogens is 394 g/mol. The number of nitrogens with zero attached hydrogens (tertiary/aromatic N) is 3. The molecule has 2 aliphatic rings. The Balaban J connectivity index is 1.51. The predicted molar refractivity (Wildman–Crippen MR) is 110 cm³/mol. The molecule has 0 radical (unpaired) electrons. The van der Waals surface area contributed by atoms with Crippen LogP contribution in [0, 0.1) is 11.3 Å². The van der Waals surface area contributed by atoms with E-state index in [0.717, 1.165) is 55.5 Å². The summed E-state index contributed by atoms with van der Waals surface area (Å²) in [4.78, 5) is 11.2. The van der Waals surface area contributed by atoms with E-state index in [1.54, 1.807) is 20.5 Å². The third kappa shape index (κ3) is 4.10. The second-order valence-corrected chi connectivity index (χ2v) is 9.29. The number of ether oxygens (including phenoxy) is 2. The van der Waals surface area contributed by atoms with Crippen LogP contribution in [0.3, 0.4) is 0 Å². The first-order valence-electron chi connectivity index (χ1n) is 9.74. The second-order valence-electron chi connectivity index (χ2n) is 7.91. The van der Waals surface area contributed by atoms with E-state index < -0.39 is 10.2 Å². The van der Waals surface area contributed by atoms with Crippen LogP contribution in [0.2, 0.25) is 0 Å². The van der Waals surface area contributed by atoms with Gasteiger partial charge in [0, 0.05) is 31.1 Å². The largest absolute Gasteiger partial charge is 0.493 e. The molecule has 10 heteroatoms. The molecule has 158 valence electrons. The van der Waals surface area contributed by atoms with Crippen molar-refractivity contribution >= 4 is 26.9 Å². The zero-order chi connectivity index (χ0) is 20.6. The van der Waals surface area contributed by atoms with Gasteiger partial charge in [-0.05, 0) is 43.1 Å². The third-order valence-electron chi connectivity index (χ3n) is 6.30. The number of nitrogens with one attached hydrogen (secondary N) is 1. The number of hydrogen-bond acceptors (Lipinski definition) is 7. The number of aromatic nitrogens is 2. The Hall–Kier alpha value is -2.17. The Morgan fingerprint density at radius 3 is 2.41 bits per heavy atom. The van der Waals surface area contributed by atoms with E-state index in [4.69, 9.17) is 14.6 Å². The second kappa shape index (κ2) is 7.58. The van der Waals surface area contributed by atoms with Crippen molar-refractivity contribution in [3.8, 4) is 11.5 Å². The smallest absolute Gasteiger partial charge is 0.274 e. The average Bonchev–Trinajstić information content (AvgIpc) is 3.51. The van der Waals surface area contributed by atoms with Gasteiger partial charge in [0.05, 0.1) is 19.7 Å². The van der Waals surface area contributed by atoms with Crippen LogP contribution in [0.5, 0.6) is 11.5 Å². The molecule has 2 heterocycles. The Morgan fingerprint density at radius 1 is 1.17 bits per heavy atom. The maximum atomic E-state index is 11.3. The quantitative estimate of drug-likeness (QED) is 0.694. The highest BCUT2D eigenvalue weighted by atomic mass is 32.2. The van der Waals surface area contributed by atoms with E-state index in [2.05, 4.69) is 19.6 Å². The third-order valence-corrected chi connectivity index (χ3v) is 6.84. The van der Waals surface area contributed by atoms with Crippen molar-refractivity contribution in [1.29, 1.82) is 0 Å². The highest BCUT2D eigenvalue weighted by Crippen LogP contribution is 2.55. The van der Waals surface area contributed by atoms with Crippen molar-refractivity contribution in [2.24, 2.45) is 16.5 Å². The molecule has 3 N–H and O–H groups in total. The number of piperidine rings is 1. The van der Waals surface area contributed by atoms with Gasteiger partial charge in [0.1, 0.15) is 12.1 Å². The first kappa shape index (κ1) is 20.1. The van der Waals surface area contributed by atoms with Crippen molar-refractivity contribution in [3.05, 3.63) is 18.5 Å². The SMILES string of the molecule is COc1cc2ncnc(N3CCC(C4(CNS(N)(=O)=O)CC4)CC3)c2cc1OC. The van der Waals surface area contributed by atoms with Crippen LogP contribution in [-0.2, 0) is 10.2 Å². The summed E-state index contributed by atoms with van der Waals surface area (Å²) in [5.41, 5.74) is 0.869. The fourth-order valence-electron chi connectivity index (χ4n) is 4.46. The summed E-state index contributed by atoms with van der Waals surface area (Å²) in [6.07, 6.45) is 5.66. The number of nitrogens with two attached hydrogens (primary N) is 1. The van der Waals surface area contributed by atoms with E-state index in [1.807, 2.05) is 12.1 Å². The van der Waals surface area contributed by atoms with Gasteiger partial charge in [0.25, 0.3) is 10.2 Å². The zero-order valence-electron chi connectivity index (χ0n) is 16.7. The Kier molecular flexibility index (Phi) is 5.26. The van der Waals surface area contributed by atoms with Crippen LogP contribution in [0.25, 0.3) is 10.9 Å². The van der Waals surface area contributed by atoms with Crippen LogP contribution in [0.4, 0.5) is 5.82 Å². The van der Waals surface area contributed by atoms with Gasteiger partial charge in [-0.1, -0.05) is 0 Å². The summed E-state index contributed by atoms with van der Waals surface area (Å²) in [5.74, 6) is 2.66. The van der Waals surface area contributed by atoms with Crippen molar-refractivity contribution in [3.63, 3.8) is 0 Å². The van der Waals surface area contributed by atoms with E-state index in [1.165, 1.54) is 0 Å². The molecule has 2 aromatic rings. The molecule has 4 rings (SSSR count). The van der Waals surface area contributed by atoms with Gasteiger partial charge in [-0.15, -0.1) is 0 Å². The summed E-state index contributed by atoms with van der Waals surface area (Å²) in [6.45, 7) is 2.16. The first-order chi connectivity index (χ1) is 13.8. The lowest BCUT2D eigenvalue weighted by Crippen LogP contribution is -2.42. The van der Waals surface area contributed by atoms with E-state index >= 15 is 0 Å². The van der Waals surface area contributed by atoms with Crippen molar-refractivity contribution < 1.29 is 17.9 Å². The number of rotatable bonds is 7. The minimum atomic E-state index is -3.65. The predicted octanol–water partition coefficient (Wildman–Crippen LogP) is 1.44. The lowest BCUT2D eigenvalue weighted by atomic mass is 9.81. The molecule has 29 heavy (non-hydrogen) atoms. The van der Waals surface area contributed by atoms with Crippen molar-refractivity contribution in [2.45, 2.75) is 25.7 Å². The lowest BCUT2D eigenvalue weighted by Gasteiger charge is -2.37. The van der Waals surface area contributed by atoms with E-state index in [0.29, 0.717) is 24.0 Å². The Labute approximate surface area is 170 Å². The summed E-state index contributed by atoms with van der Waals surface area (Å²) in [5, 5.41) is 6.05. The Bertz CT molecular complexity index is 1000. The summed E-state index contributed by atoms with van der Waals surface area (Å²) in [6, 6.07) is 3.79. The van der Waals surface area contributed by atoms with Crippen LogP contribution < -0.4 is 24.2 Å². The van der Waals surface area contributed by atoms with Crippen molar-refractivity contribution in [1.82, 2.24) is 14.7 Å². The normalized spacial score (nSPS) is 19.3. The molecule has 1 aromatic heterocycles. The van der Waals surface area contributed by atoms with Gasteiger partial charge in [-0.2, -0.15) is 8.42 Å². The number of benzene rings is 1. The molecule has 2 fully saturated rings. The number of fused-ring (bicyclic) bond motifs is 1. The maximum Gasteiger partial charge on any atom is 0.274 e. The van der Waals surface area contributed by atoms with Gasteiger partial charge in [-0.3, -0.25) is 0 Å². The monoisotopic (exact) mass is 421 g/mol. The number of hydrogen-bond donors (Lipinski definition) is 2. The maximum absolute atomic E-state index is 11.3. The topological polar surface area (TPSA) is 120 Å². The van der Waals surface area contributed by atoms with E-state index in [9.17, 15) is 8.42 Å². The van der Waals surface area contributed by atoms with Crippen LogP contribution in [0.15, 0.2) is 18.5 Å². The van der Waals surface area contributed by atoms with Crippen LogP contribution in [-0.4, -0.2) is 52.2 Å². The molecule has 0 bridgehead atoms. The molecule has 0 amide bonds. The fraction of sp³-hybridized carbons (Fsp3) is 0.579. The summed E-state index contributed by atoms with van der Waals surface area (Å²) in [7, 11) is -0.425. The molecule has 0 unspecified atom stereocenters. The molecule has 1 aliphatic heterocycles.